The Hall–Kier alpha value is -5.15. The lowest BCUT2D eigenvalue weighted by Gasteiger charge is -2.44. The number of carbonyl (C=O) groups is 3. The van der Waals surface area contributed by atoms with Crippen LogP contribution in [-0.4, -0.2) is 103 Å². The molecule has 13 nitrogen and oxygen atoms in total. The van der Waals surface area contributed by atoms with Gasteiger partial charge in [0, 0.05) is 73.5 Å². The standard InChI is InChI=1S/C38H46F2N8O5/c1-5-24-18-26(45-34-35-44-21-30(47(35)15-14-42-34)28-8-9-31(52-3)33(40)32(28)39)6-7-27(24)37(50)43-13-10-29(38(51)53-4)46-36(49)25-11-16-48(2,17-12-25)22-23-19-41-20-23/h6-9,14-15,18,21,23,25,29,41H,5,10-13,16-17,19-20,22H2,1-4H3,(H2-,42,43,45,46,49,50)/p+1/t25?,29-,48?/m0/s1. The lowest BCUT2D eigenvalue weighted by atomic mass is 9.92. The summed E-state index contributed by atoms with van der Waals surface area (Å²) in [6.45, 7) is 7.15. The first-order valence-electron chi connectivity index (χ1n) is 18.0. The molecule has 2 saturated heterocycles. The number of aromatic nitrogens is 3. The van der Waals surface area contributed by atoms with Gasteiger partial charge in [0.25, 0.3) is 5.91 Å². The highest BCUT2D eigenvalue weighted by molar-refractivity contribution is 5.96. The number of imidazole rings is 1. The Bertz CT molecular complexity index is 1980. The monoisotopic (exact) mass is 733 g/mol. The topological polar surface area (TPSA) is 148 Å². The number of methoxy groups -OCH3 is 2. The summed E-state index contributed by atoms with van der Waals surface area (Å²) < 4.78 is 41.8. The Morgan fingerprint density at radius 2 is 1.85 bits per heavy atom. The largest absolute Gasteiger partial charge is 0.494 e. The average molecular weight is 734 g/mol. The number of halogens is 2. The minimum absolute atomic E-state index is 0.0144. The second-order valence-electron chi connectivity index (χ2n) is 14.1. The predicted octanol–water partition coefficient (Wildman–Crippen LogP) is 3.84. The van der Waals surface area contributed by atoms with Crippen molar-refractivity contribution in [3.63, 3.8) is 0 Å². The van der Waals surface area contributed by atoms with Gasteiger partial charge in [-0.05, 0) is 48.7 Å². The summed E-state index contributed by atoms with van der Waals surface area (Å²) in [5.41, 5.74) is 2.58. The van der Waals surface area contributed by atoms with Crippen LogP contribution in [0.2, 0.25) is 0 Å². The molecule has 2 aliphatic heterocycles. The van der Waals surface area contributed by atoms with Crippen LogP contribution in [0.4, 0.5) is 20.3 Å². The number of ether oxygens (including phenoxy) is 2. The molecule has 4 N–H and O–H groups in total. The zero-order valence-corrected chi connectivity index (χ0v) is 30.5. The number of quaternary nitrogens is 1. The summed E-state index contributed by atoms with van der Waals surface area (Å²) >= 11 is 0. The van der Waals surface area contributed by atoms with E-state index in [-0.39, 0.29) is 42.0 Å². The fourth-order valence-corrected chi connectivity index (χ4v) is 7.26. The van der Waals surface area contributed by atoms with E-state index in [2.05, 4.69) is 38.3 Å². The Balaban J connectivity index is 1.06. The van der Waals surface area contributed by atoms with Crippen molar-refractivity contribution >= 4 is 34.9 Å². The first-order valence-corrected chi connectivity index (χ1v) is 18.0. The number of esters is 1. The molecule has 0 saturated carbocycles. The van der Waals surface area contributed by atoms with Gasteiger partial charge in [0.2, 0.25) is 11.7 Å². The third-order valence-electron chi connectivity index (χ3n) is 10.5. The molecule has 282 valence electrons. The average Bonchev–Trinajstić information content (AvgIpc) is 3.58. The van der Waals surface area contributed by atoms with E-state index in [0.717, 1.165) is 55.6 Å². The van der Waals surface area contributed by atoms with E-state index in [0.29, 0.717) is 40.7 Å². The van der Waals surface area contributed by atoms with Crippen LogP contribution in [0.15, 0.2) is 48.9 Å². The molecule has 0 unspecified atom stereocenters. The molecule has 4 aromatic rings. The molecule has 2 amide bonds. The van der Waals surface area contributed by atoms with Gasteiger partial charge in [0.05, 0.1) is 52.8 Å². The van der Waals surface area contributed by atoms with Crippen LogP contribution >= 0.6 is 0 Å². The Morgan fingerprint density at radius 3 is 2.53 bits per heavy atom. The third-order valence-corrected chi connectivity index (χ3v) is 10.5. The van der Waals surface area contributed by atoms with Crippen molar-refractivity contribution in [3.8, 4) is 17.0 Å². The van der Waals surface area contributed by atoms with Crippen molar-refractivity contribution < 1.29 is 37.1 Å². The fourth-order valence-electron chi connectivity index (χ4n) is 7.26. The fraction of sp³-hybridized carbons (Fsp3) is 0.447. The summed E-state index contributed by atoms with van der Waals surface area (Å²) in [7, 11) is 4.81. The second kappa shape index (κ2) is 16.3. The first kappa shape index (κ1) is 37.6. The number of aryl methyl sites for hydroxylation is 1. The highest BCUT2D eigenvalue weighted by Crippen LogP contribution is 2.32. The van der Waals surface area contributed by atoms with Gasteiger partial charge in [-0.2, -0.15) is 4.39 Å². The highest BCUT2D eigenvalue weighted by atomic mass is 19.2. The van der Waals surface area contributed by atoms with Crippen LogP contribution in [-0.2, 0) is 20.7 Å². The molecule has 0 radical (unpaired) electrons. The lowest BCUT2D eigenvalue weighted by molar-refractivity contribution is -0.918. The van der Waals surface area contributed by atoms with Gasteiger partial charge >= 0.3 is 5.97 Å². The van der Waals surface area contributed by atoms with Gasteiger partial charge in [-0.3, -0.25) is 14.0 Å². The number of hydrogen-bond acceptors (Lipinski definition) is 9. The van der Waals surface area contributed by atoms with E-state index in [9.17, 15) is 23.2 Å². The van der Waals surface area contributed by atoms with Gasteiger partial charge < -0.3 is 35.2 Å². The summed E-state index contributed by atoms with van der Waals surface area (Å²) in [4.78, 5) is 48.0. The van der Waals surface area contributed by atoms with Gasteiger partial charge in [-0.1, -0.05) is 6.92 Å². The quantitative estimate of drug-likeness (QED) is 0.112. The molecule has 53 heavy (non-hydrogen) atoms. The van der Waals surface area contributed by atoms with E-state index in [1.165, 1.54) is 38.7 Å². The van der Waals surface area contributed by atoms with Crippen molar-refractivity contribution in [1.82, 2.24) is 30.3 Å². The summed E-state index contributed by atoms with van der Waals surface area (Å²) in [5.74, 6) is -2.47. The molecule has 2 aromatic carbocycles. The lowest BCUT2D eigenvalue weighted by Crippen LogP contribution is -2.59. The number of hydrogen-bond donors (Lipinski definition) is 4. The number of anilines is 2. The molecule has 1 atom stereocenters. The van der Waals surface area contributed by atoms with Crippen LogP contribution in [0, 0.1) is 23.5 Å². The molecule has 6 rings (SSSR count). The molecule has 15 heteroatoms. The summed E-state index contributed by atoms with van der Waals surface area (Å²) in [6, 6.07) is 7.16. The van der Waals surface area contributed by atoms with E-state index in [1.807, 2.05) is 13.0 Å². The maximum absolute atomic E-state index is 14.9. The van der Waals surface area contributed by atoms with Crippen LogP contribution in [0.25, 0.3) is 16.9 Å². The Morgan fingerprint density at radius 1 is 1.08 bits per heavy atom. The molecule has 2 fully saturated rings. The van der Waals surface area contributed by atoms with Crippen molar-refractivity contribution in [1.29, 1.82) is 0 Å². The Labute approximate surface area is 307 Å². The molecule has 0 bridgehead atoms. The van der Waals surface area contributed by atoms with Crippen LogP contribution in [0.5, 0.6) is 5.75 Å². The summed E-state index contributed by atoms with van der Waals surface area (Å²) in [6.07, 6.45) is 6.80. The van der Waals surface area contributed by atoms with E-state index in [4.69, 9.17) is 9.47 Å². The minimum atomic E-state index is -1.09. The normalized spacial score (nSPS) is 19.2. The highest BCUT2D eigenvalue weighted by Gasteiger charge is 2.37. The number of carbonyl (C=O) groups excluding carboxylic acids is 3. The predicted molar refractivity (Wildman–Crippen MR) is 195 cm³/mol. The number of amides is 2. The number of benzene rings is 2. The number of rotatable bonds is 14. The van der Waals surface area contributed by atoms with Crippen LogP contribution in [0.3, 0.4) is 0 Å². The zero-order chi connectivity index (χ0) is 37.7. The minimum Gasteiger partial charge on any atom is -0.494 e. The molecule has 2 aliphatic rings. The van der Waals surface area contributed by atoms with Gasteiger partial charge in [0.15, 0.2) is 23.0 Å². The van der Waals surface area contributed by atoms with Crippen molar-refractivity contribution in [2.45, 2.75) is 38.6 Å². The molecule has 2 aromatic heterocycles. The van der Waals surface area contributed by atoms with E-state index >= 15 is 0 Å². The summed E-state index contributed by atoms with van der Waals surface area (Å²) in [5, 5.41) is 12.3. The molecular formula is C38H47F2N8O5+. The van der Waals surface area contributed by atoms with E-state index < -0.39 is 23.6 Å². The number of nitrogens with zero attached hydrogens (tertiary/aromatic N) is 4. The van der Waals surface area contributed by atoms with Gasteiger partial charge in [0.1, 0.15) is 6.04 Å². The van der Waals surface area contributed by atoms with Crippen LogP contribution < -0.4 is 26.0 Å². The van der Waals surface area contributed by atoms with E-state index in [1.54, 1.807) is 22.7 Å². The van der Waals surface area contributed by atoms with Crippen molar-refractivity contribution in [3.05, 3.63) is 71.7 Å². The second-order valence-corrected chi connectivity index (χ2v) is 14.1. The molecule has 0 aliphatic carbocycles. The molecule has 0 spiro atoms. The zero-order valence-electron chi connectivity index (χ0n) is 30.5. The van der Waals surface area contributed by atoms with Crippen molar-refractivity contribution in [2.75, 3.05) is 65.9 Å². The number of nitrogens with one attached hydrogen (secondary N) is 4. The first-order chi connectivity index (χ1) is 25.5. The SMILES string of the molecule is CCc1cc(Nc2nccn3c(-c4ccc(OC)c(F)c4F)cnc23)ccc1C(=O)NCC[C@H](NC(=O)C1CC[N+](C)(CC2CNC2)CC1)C(=O)OC. The third kappa shape index (κ3) is 8.25. The van der Waals surface area contributed by atoms with Gasteiger partial charge in [-0.15, -0.1) is 0 Å². The maximum atomic E-state index is 14.9. The molecular weight excluding hydrogens is 686 g/mol. The van der Waals surface area contributed by atoms with Crippen molar-refractivity contribution in [2.24, 2.45) is 11.8 Å². The number of likely N-dealkylation sites (tertiary alicyclic amines) is 1. The number of piperidine rings is 1. The maximum Gasteiger partial charge on any atom is 0.328 e. The van der Waals surface area contributed by atoms with Crippen LogP contribution in [0.1, 0.15) is 42.1 Å². The van der Waals surface area contributed by atoms with Gasteiger partial charge in [-0.25, -0.2) is 19.2 Å². The number of fused-ring (bicyclic) bond motifs is 1. The smallest absolute Gasteiger partial charge is 0.328 e. The molecule has 4 heterocycles. The Kier molecular flexibility index (Phi) is 11.5.